The summed E-state index contributed by atoms with van der Waals surface area (Å²) in [5.41, 5.74) is 1.61. The molecule has 0 aromatic carbocycles. The molecule has 2 aromatic rings. The number of fused-ring (bicyclic) bond motifs is 4. The van der Waals surface area contributed by atoms with Gasteiger partial charge >= 0.3 is 0 Å². The highest BCUT2D eigenvalue weighted by atomic mass is 16.2. The summed E-state index contributed by atoms with van der Waals surface area (Å²) in [6, 6.07) is 2.01. The summed E-state index contributed by atoms with van der Waals surface area (Å²) < 4.78 is 2.00. The largest absolute Gasteiger partial charge is 0.307 e. The molecule has 3 aliphatic heterocycles. The van der Waals surface area contributed by atoms with E-state index < -0.39 is 0 Å². The number of likely N-dealkylation sites (N-methyl/N-ethyl adjacent to an activating group) is 1. The van der Waals surface area contributed by atoms with Crippen LogP contribution in [-0.4, -0.2) is 63.2 Å². The fourth-order valence-electron chi connectivity index (χ4n) is 3.30. The number of carbonyl (C=O) groups excluding carboxylic acids is 1. The SMILES string of the molecule is CN1CCn2nc(Nc3ncc4c(n3)N3CCN=C3NC4=O)cc2C1. The molecule has 0 saturated heterocycles. The number of hydrogen-bond acceptors (Lipinski definition) is 8. The van der Waals surface area contributed by atoms with Crippen molar-refractivity contribution in [1.29, 1.82) is 0 Å². The predicted molar refractivity (Wildman–Crippen MR) is 91.0 cm³/mol. The number of aliphatic imine (C=N–C) groups is 1. The van der Waals surface area contributed by atoms with Gasteiger partial charge in [-0.25, -0.2) is 4.98 Å². The zero-order chi connectivity index (χ0) is 17.0. The van der Waals surface area contributed by atoms with Crippen molar-refractivity contribution in [2.75, 3.05) is 36.9 Å². The molecule has 0 bridgehead atoms. The van der Waals surface area contributed by atoms with Crippen molar-refractivity contribution >= 4 is 29.5 Å². The molecule has 5 heterocycles. The van der Waals surface area contributed by atoms with Crippen LogP contribution in [0.2, 0.25) is 0 Å². The van der Waals surface area contributed by atoms with E-state index in [1.807, 2.05) is 15.6 Å². The van der Waals surface area contributed by atoms with Gasteiger partial charge in [-0.3, -0.25) is 29.6 Å². The summed E-state index contributed by atoms with van der Waals surface area (Å²) in [5.74, 6) is 2.05. The number of anilines is 3. The topological polar surface area (TPSA) is 104 Å². The van der Waals surface area contributed by atoms with Crippen LogP contribution < -0.4 is 15.5 Å². The van der Waals surface area contributed by atoms with Gasteiger partial charge in [0.25, 0.3) is 5.91 Å². The molecule has 0 saturated carbocycles. The highest BCUT2D eigenvalue weighted by Crippen LogP contribution is 2.26. The fourth-order valence-corrected chi connectivity index (χ4v) is 3.30. The smallest absolute Gasteiger partial charge is 0.263 e. The number of hydrogen-bond donors (Lipinski definition) is 2. The van der Waals surface area contributed by atoms with Crippen molar-refractivity contribution in [2.24, 2.45) is 4.99 Å². The molecule has 0 spiro atoms. The van der Waals surface area contributed by atoms with E-state index in [4.69, 9.17) is 0 Å². The third kappa shape index (κ3) is 2.33. The molecule has 3 aliphatic rings. The maximum Gasteiger partial charge on any atom is 0.263 e. The molecule has 1 amide bonds. The first kappa shape index (κ1) is 14.3. The average Bonchev–Trinajstić information content (AvgIpc) is 3.20. The van der Waals surface area contributed by atoms with Gasteiger partial charge in [0.15, 0.2) is 11.6 Å². The Morgan fingerprint density at radius 2 is 2.20 bits per heavy atom. The fraction of sp³-hybridized carbons (Fsp3) is 0.400. The van der Waals surface area contributed by atoms with E-state index in [9.17, 15) is 4.79 Å². The van der Waals surface area contributed by atoms with Gasteiger partial charge in [0.1, 0.15) is 5.56 Å². The van der Waals surface area contributed by atoms with E-state index >= 15 is 0 Å². The average molecular weight is 339 g/mol. The summed E-state index contributed by atoms with van der Waals surface area (Å²) >= 11 is 0. The van der Waals surface area contributed by atoms with E-state index in [0.29, 0.717) is 42.2 Å². The van der Waals surface area contributed by atoms with Crippen LogP contribution in [0.15, 0.2) is 17.3 Å². The van der Waals surface area contributed by atoms with E-state index in [0.717, 1.165) is 25.3 Å². The molecule has 0 unspecified atom stereocenters. The lowest BCUT2D eigenvalue weighted by Gasteiger charge is -2.26. The lowest BCUT2D eigenvalue weighted by Crippen LogP contribution is -2.47. The predicted octanol–water partition coefficient (Wildman–Crippen LogP) is -0.219. The minimum atomic E-state index is -0.223. The number of carbonyl (C=O) groups is 1. The summed E-state index contributed by atoms with van der Waals surface area (Å²) in [6.45, 7) is 4.06. The molecule has 10 heteroatoms. The van der Waals surface area contributed by atoms with Gasteiger partial charge in [-0.05, 0) is 7.05 Å². The van der Waals surface area contributed by atoms with E-state index in [1.165, 1.54) is 0 Å². The molecule has 5 rings (SSSR count). The Morgan fingerprint density at radius 1 is 1.28 bits per heavy atom. The molecule has 0 fully saturated rings. The van der Waals surface area contributed by atoms with Gasteiger partial charge in [0, 0.05) is 31.9 Å². The monoisotopic (exact) mass is 339 g/mol. The van der Waals surface area contributed by atoms with E-state index in [1.54, 1.807) is 6.20 Å². The molecule has 0 atom stereocenters. The summed E-state index contributed by atoms with van der Waals surface area (Å²) in [7, 11) is 2.09. The van der Waals surface area contributed by atoms with Gasteiger partial charge in [0.2, 0.25) is 11.9 Å². The summed E-state index contributed by atoms with van der Waals surface area (Å²) in [5, 5.41) is 10.5. The Kier molecular flexibility index (Phi) is 3.01. The zero-order valence-electron chi connectivity index (χ0n) is 13.7. The lowest BCUT2D eigenvalue weighted by atomic mass is 10.2. The lowest BCUT2D eigenvalue weighted by molar-refractivity contribution is 0.0974. The Hall–Kier alpha value is -3.01. The van der Waals surface area contributed by atoms with Crippen molar-refractivity contribution in [2.45, 2.75) is 13.1 Å². The molecule has 128 valence electrons. The minimum Gasteiger partial charge on any atom is -0.307 e. The maximum atomic E-state index is 12.1. The van der Waals surface area contributed by atoms with Crippen LogP contribution in [0.5, 0.6) is 0 Å². The standard InChI is InChI=1S/C15H17N9O/c1-22-4-5-24-9(8-22)6-11(21-24)18-14-17-7-10-12(19-14)23-3-2-16-15(23)20-13(10)25/h6-7H,2-5,8H2,1H3,(H,16,20,25)(H,17,18,19,21). The Bertz CT molecular complexity index is 902. The van der Waals surface area contributed by atoms with Gasteiger partial charge in [-0.2, -0.15) is 10.1 Å². The van der Waals surface area contributed by atoms with Crippen molar-refractivity contribution in [1.82, 2.24) is 30.0 Å². The van der Waals surface area contributed by atoms with Crippen LogP contribution in [0.25, 0.3) is 0 Å². The first-order chi connectivity index (χ1) is 12.2. The molecule has 0 aliphatic carbocycles. The van der Waals surface area contributed by atoms with E-state index in [-0.39, 0.29) is 5.91 Å². The van der Waals surface area contributed by atoms with Crippen LogP contribution in [0.4, 0.5) is 17.6 Å². The third-order valence-corrected chi connectivity index (χ3v) is 4.56. The van der Waals surface area contributed by atoms with Gasteiger partial charge < -0.3 is 5.32 Å². The number of nitrogens with zero attached hydrogens (tertiary/aromatic N) is 7. The first-order valence-electron chi connectivity index (χ1n) is 8.20. The maximum absolute atomic E-state index is 12.1. The van der Waals surface area contributed by atoms with Crippen LogP contribution in [0.1, 0.15) is 16.1 Å². The number of nitrogens with one attached hydrogen (secondary N) is 2. The first-order valence-corrected chi connectivity index (χ1v) is 8.20. The molecular weight excluding hydrogens is 322 g/mol. The molecule has 2 N–H and O–H groups in total. The quantitative estimate of drug-likeness (QED) is 0.780. The second-order valence-corrected chi connectivity index (χ2v) is 6.35. The minimum absolute atomic E-state index is 0.223. The number of aromatic nitrogens is 4. The highest BCUT2D eigenvalue weighted by Gasteiger charge is 2.32. The number of guanidine groups is 1. The number of rotatable bonds is 2. The van der Waals surface area contributed by atoms with Crippen molar-refractivity contribution in [3.63, 3.8) is 0 Å². The Balaban J connectivity index is 1.45. The highest BCUT2D eigenvalue weighted by molar-refractivity contribution is 6.18. The normalized spacial score (nSPS) is 19.0. The Labute approximate surface area is 143 Å². The Morgan fingerprint density at radius 3 is 3.12 bits per heavy atom. The second-order valence-electron chi connectivity index (χ2n) is 6.35. The van der Waals surface area contributed by atoms with Crippen LogP contribution in [0, 0.1) is 0 Å². The van der Waals surface area contributed by atoms with Gasteiger partial charge in [-0.15, -0.1) is 0 Å². The summed E-state index contributed by atoms with van der Waals surface area (Å²) in [4.78, 5) is 29.3. The zero-order valence-corrected chi connectivity index (χ0v) is 13.7. The molecular formula is C15H17N9O. The van der Waals surface area contributed by atoms with Crippen molar-refractivity contribution in [3.8, 4) is 0 Å². The molecule has 10 nitrogen and oxygen atoms in total. The van der Waals surface area contributed by atoms with Gasteiger partial charge in [-0.1, -0.05) is 0 Å². The molecule has 2 aromatic heterocycles. The number of amides is 1. The van der Waals surface area contributed by atoms with Crippen LogP contribution in [0.3, 0.4) is 0 Å². The van der Waals surface area contributed by atoms with E-state index in [2.05, 4.69) is 42.6 Å². The summed E-state index contributed by atoms with van der Waals surface area (Å²) in [6.07, 6.45) is 1.54. The second kappa shape index (κ2) is 5.24. The van der Waals surface area contributed by atoms with Crippen LogP contribution >= 0.6 is 0 Å². The van der Waals surface area contributed by atoms with Crippen LogP contribution in [-0.2, 0) is 13.1 Å². The molecule has 25 heavy (non-hydrogen) atoms. The van der Waals surface area contributed by atoms with Crippen molar-refractivity contribution < 1.29 is 4.79 Å². The van der Waals surface area contributed by atoms with Crippen molar-refractivity contribution in [3.05, 3.63) is 23.5 Å². The van der Waals surface area contributed by atoms with Gasteiger partial charge in [0.05, 0.1) is 18.8 Å². The molecule has 0 radical (unpaired) electrons. The third-order valence-electron chi connectivity index (χ3n) is 4.56.